The van der Waals surface area contributed by atoms with E-state index in [-0.39, 0.29) is 6.61 Å². The van der Waals surface area contributed by atoms with Crippen molar-refractivity contribution in [1.82, 2.24) is 10.9 Å². The van der Waals surface area contributed by atoms with E-state index < -0.39 is 11.8 Å². The zero-order valence-corrected chi connectivity index (χ0v) is 17.5. The molecule has 28 heavy (non-hydrogen) atoms. The van der Waals surface area contributed by atoms with Crippen LogP contribution in [0.3, 0.4) is 0 Å². The fourth-order valence-corrected chi connectivity index (χ4v) is 2.87. The van der Waals surface area contributed by atoms with Crippen LogP contribution in [-0.4, -0.2) is 32.6 Å². The number of hydrazine groups is 1. The lowest BCUT2D eigenvalue weighted by Crippen LogP contribution is -2.43. The Morgan fingerprint density at radius 3 is 2.43 bits per heavy atom. The highest BCUT2D eigenvalue weighted by atomic mass is 79.9. The normalized spacial score (nSPS) is 10.4. The summed E-state index contributed by atoms with van der Waals surface area (Å²) in [6.45, 7) is -0.278. The lowest BCUT2D eigenvalue weighted by molar-refractivity contribution is -0.128. The van der Waals surface area contributed by atoms with Crippen molar-refractivity contribution in [3.63, 3.8) is 0 Å². The number of nitrogens with one attached hydrogen (secondary N) is 2. The molecule has 0 aliphatic heterocycles. The van der Waals surface area contributed by atoms with Gasteiger partial charge in [0.1, 0.15) is 5.75 Å². The Hall–Kier alpha value is -2.71. The Morgan fingerprint density at radius 1 is 1.04 bits per heavy atom. The molecule has 2 N–H and O–H groups in total. The number of hydrogen-bond acceptors (Lipinski definition) is 5. The van der Waals surface area contributed by atoms with Gasteiger partial charge in [-0.05, 0) is 57.9 Å². The number of ether oxygens (including phenoxy) is 3. The van der Waals surface area contributed by atoms with Crippen LogP contribution in [-0.2, 0) is 9.59 Å². The third kappa shape index (κ3) is 6.47. The first-order chi connectivity index (χ1) is 13.4. The molecule has 9 heteroatoms. The van der Waals surface area contributed by atoms with Gasteiger partial charge in [-0.1, -0.05) is 17.7 Å². The molecule has 0 aromatic heterocycles. The quantitative estimate of drug-likeness (QED) is 0.480. The Kier molecular flexibility index (Phi) is 8.16. The molecule has 148 valence electrons. The predicted molar refractivity (Wildman–Crippen MR) is 110 cm³/mol. The number of rotatable bonds is 7. The second kappa shape index (κ2) is 10.6. The van der Waals surface area contributed by atoms with E-state index in [4.69, 9.17) is 25.8 Å². The van der Waals surface area contributed by atoms with Crippen LogP contribution in [0.2, 0.25) is 5.02 Å². The van der Waals surface area contributed by atoms with Crippen molar-refractivity contribution in [2.75, 3.05) is 20.8 Å². The second-order valence-electron chi connectivity index (χ2n) is 5.35. The van der Waals surface area contributed by atoms with Crippen LogP contribution >= 0.6 is 27.5 Å². The Morgan fingerprint density at radius 2 is 1.75 bits per heavy atom. The minimum absolute atomic E-state index is 0.278. The molecule has 0 fully saturated rings. The summed E-state index contributed by atoms with van der Waals surface area (Å²) in [5.41, 5.74) is 5.26. The van der Waals surface area contributed by atoms with E-state index in [1.54, 1.807) is 49.6 Å². The molecule has 0 aliphatic carbocycles. The van der Waals surface area contributed by atoms with Crippen molar-refractivity contribution in [3.8, 4) is 17.2 Å². The van der Waals surface area contributed by atoms with E-state index in [0.717, 1.165) is 5.56 Å². The van der Waals surface area contributed by atoms with E-state index in [9.17, 15) is 9.59 Å². The first-order valence-corrected chi connectivity index (χ1v) is 9.17. The molecule has 7 nitrogen and oxygen atoms in total. The van der Waals surface area contributed by atoms with Gasteiger partial charge in [0, 0.05) is 11.1 Å². The summed E-state index contributed by atoms with van der Waals surface area (Å²) < 4.78 is 16.3. The third-order valence-electron chi connectivity index (χ3n) is 3.41. The minimum atomic E-state index is -0.519. The maximum Gasteiger partial charge on any atom is 0.276 e. The van der Waals surface area contributed by atoms with Crippen LogP contribution in [0.4, 0.5) is 0 Å². The highest BCUT2D eigenvalue weighted by molar-refractivity contribution is 9.10. The molecule has 0 saturated heterocycles. The Labute approximate surface area is 175 Å². The van der Waals surface area contributed by atoms with Gasteiger partial charge in [-0.2, -0.15) is 0 Å². The number of halogens is 2. The van der Waals surface area contributed by atoms with E-state index in [1.165, 1.54) is 13.2 Å². The molecule has 2 aromatic rings. The van der Waals surface area contributed by atoms with Crippen LogP contribution < -0.4 is 25.1 Å². The summed E-state index contributed by atoms with van der Waals surface area (Å²) in [5, 5.41) is 0.539. The summed E-state index contributed by atoms with van der Waals surface area (Å²) in [6.07, 6.45) is 2.85. The van der Waals surface area contributed by atoms with Gasteiger partial charge in [0.2, 0.25) is 0 Å². The minimum Gasteiger partial charge on any atom is -0.493 e. The summed E-state index contributed by atoms with van der Waals surface area (Å²) in [7, 11) is 3.07. The van der Waals surface area contributed by atoms with E-state index in [1.807, 2.05) is 0 Å². The molecule has 2 amide bonds. The van der Waals surface area contributed by atoms with Crippen molar-refractivity contribution in [1.29, 1.82) is 0 Å². The molecule has 0 radical (unpaired) electrons. The summed E-state index contributed by atoms with van der Waals surface area (Å²) >= 11 is 9.12. The molecule has 2 rings (SSSR count). The van der Waals surface area contributed by atoms with Gasteiger partial charge >= 0.3 is 0 Å². The third-order valence-corrected chi connectivity index (χ3v) is 4.27. The summed E-state index contributed by atoms with van der Waals surface area (Å²) in [6, 6.07) is 10.1. The van der Waals surface area contributed by atoms with Crippen molar-refractivity contribution in [3.05, 3.63) is 57.5 Å². The van der Waals surface area contributed by atoms with Gasteiger partial charge < -0.3 is 14.2 Å². The van der Waals surface area contributed by atoms with Crippen molar-refractivity contribution in [2.45, 2.75) is 0 Å². The Bertz CT molecular complexity index is 889. The van der Waals surface area contributed by atoms with E-state index >= 15 is 0 Å². The van der Waals surface area contributed by atoms with Crippen LogP contribution in [0, 0.1) is 0 Å². The van der Waals surface area contributed by atoms with E-state index in [2.05, 4.69) is 26.8 Å². The fraction of sp³-hybridized carbons (Fsp3) is 0.158. The summed E-state index contributed by atoms with van der Waals surface area (Å²) in [5.74, 6) is 0.567. The molecule has 0 heterocycles. The molecule has 0 unspecified atom stereocenters. The van der Waals surface area contributed by atoms with Gasteiger partial charge in [-0.15, -0.1) is 0 Å². The average Bonchev–Trinajstić information content (AvgIpc) is 2.69. The molecule has 0 atom stereocenters. The molecule has 2 aromatic carbocycles. The standard InChI is InChI=1S/C19H18BrClN2O5/c1-26-16-6-3-12(9-17(16)27-2)4-8-18(24)22-23-19(25)11-28-15-7-5-13(21)10-14(15)20/h3-10H,11H2,1-2H3,(H,22,24)(H,23,25). The highest BCUT2D eigenvalue weighted by Gasteiger charge is 2.07. The number of carbonyl (C=O) groups is 2. The maximum atomic E-state index is 11.8. The topological polar surface area (TPSA) is 85.9 Å². The average molecular weight is 470 g/mol. The molecule has 0 spiro atoms. The van der Waals surface area contributed by atoms with Gasteiger partial charge in [-0.25, -0.2) is 0 Å². The van der Waals surface area contributed by atoms with Crippen LogP contribution in [0.15, 0.2) is 46.9 Å². The van der Waals surface area contributed by atoms with Crippen molar-refractivity contribution < 1.29 is 23.8 Å². The second-order valence-corrected chi connectivity index (χ2v) is 6.64. The smallest absolute Gasteiger partial charge is 0.276 e. The molecule has 0 saturated carbocycles. The number of methoxy groups -OCH3 is 2. The lowest BCUT2D eigenvalue weighted by atomic mass is 10.2. The van der Waals surface area contributed by atoms with Gasteiger partial charge in [0.25, 0.3) is 11.8 Å². The zero-order valence-electron chi connectivity index (χ0n) is 15.1. The first kappa shape index (κ1) is 21.6. The fourth-order valence-electron chi connectivity index (χ4n) is 2.07. The SMILES string of the molecule is COc1ccc(C=CC(=O)NNC(=O)COc2ccc(Cl)cc2Br)cc1OC. The summed E-state index contributed by atoms with van der Waals surface area (Å²) in [4.78, 5) is 23.6. The van der Waals surface area contributed by atoms with Gasteiger partial charge in [0.05, 0.1) is 18.7 Å². The van der Waals surface area contributed by atoms with Gasteiger partial charge in [-0.3, -0.25) is 20.4 Å². The van der Waals surface area contributed by atoms with Crippen LogP contribution in [0.25, 0.3) is 6.08 Å². The van der Waals surface area contributed by atoms with Gasteiger partial charge in [0.15, 0.2) is 18.1 Å². The Balaban J connectivity index is 1.81. The molecular weight excluding hydrogens is 452 g/mol. The number of amides is 2. The zero-order chi connectivity index (χ0) is 20.5. The van der Waals surface area contributed by atoms with Crippen molar-refractivity contribution >= 4 is 45.4 Å². The lowest BCUT2D eigenvalue weighted by Gasteiger charge is -2.09. The molecule has 0 aliphatic rings. The molecule has 0 bridgehead atoms. The largest absolute Gasteiger partial charge is 0.493 e. The highest BCUT2D eigenvalue weighted by Crippen LogP contribution is 2.28. The van der Waals surface area contributed by atoms with Crippen LogP contribution in [0.1, 0.15) is 5.56 Å². The molecular formula is C19H18BrClN2O5. The monoisotopic (exact) mass is 468 g/mol. The van der Waals surface area contributed by atoms with Crippen LogP contribution in [0.5, 0.6) is 17.2 Å². The number of carbonyl (C=O) groups excluding carboxylic acids is 2. The maximum absolute atomic E-state index is 11.8. The first-order valence-electron chi connectivity index (χ1n) is 7.99. The van der Waals surface area contributed by atoms with E-state index in [0.29, 0.717) is 26.7 Å². The van der Waals surface area contributed by atoms with Crippen molar-refractivity contribution in [2.24, 2.45) is 0 Å². The predicted octanol–water partition coefficient (Wildman–Crippen LogP) is 3.36. The number of hydrogen-bond donors (Lipinski definition) is 2. The number of benzene rings is 2.